The average molecular weight is 307 g/mol. The van der Waals surface area contributed by atoms with E-state index >= 15 is 0 Å². The number of halogens is 1. The van der Waals surface area contributed by atoms with E-state index in [1.165, 1.54) is 11.8 Å². The van der Waals surface area contributed by atoms with E-state index in [2.05, 4.69) is 5.32 Å². The number of nitrogens with zero attached hydrogens (tertiary/aromatic N) is 1. The van der Waals surface area contributed by atoms with Crippen LogP contribution in [0.2, 0.25) is 5.02 Å². The summed E-state index contributed by atoms with van der Waals surface area (Å²) in [7, 11) is 0. The molecule has 1 N–H and O–H groups in total. The Balaban J connectivity index is 0.00000289. The zero-order valence-electron chi connectivity index (χ0n) is 9.86. The number of para-hydroxylation sites is 1. The maximum atomic E-state index is 11.8. The second-order valence-corrected chi connectivity index (χ2v) is 4.80. The maximum Gasteiger partial charge on any atom is 1.00 e. The summed E-state index contributed by atoms with van der Waals surface area (Å²) in [5.41, 5.74) is 0.378. The van der Waals surface area contributed by atoms with E-state index in [0.29, 0.717) is 10.7 Å². The van der Waals surface area contributed by atoms with Gasteiger partial charge in [-0.3, -0.25) is 4.79 Å². The molecule has 0 saturated heterocycles. The van der Waals surface area contributed by atoms with Crippen molar-refractivity contribution in [2.45, 2.75) is 0 Å². The van der Waals surface area contributed by atoms with Crippen LogP contribution in [-0.4, -0.2) is 12.2 Å². The Kier molecular flexibility index (Phi) is 8.70. The van der Waals surface area contributed by atoms with Gasteiger partial charge in [0, 0.05) is 0 Å². The molecule has 0 aliphatic carbocycles. The van der Waals surface area contributed by atoms with Crippen LogP contribution in [0, 0.1) is 11.3 Å². The normalized spacial score (nSPS) is 10.7. The quantitative estimate of drug-likeness (QED) is 0.368. The fourth-order valence-electron chi connectivity index (χ4n) is 1.04. The number of nitriles is 1. The smallest absolute Gasteiger partial charge is 0.772 e. The third-order valence-corrected chi connectivity index (χ3v) is 3.46. The molecule has 1 rings (SSSR count). The molecule has 3 nitrogen and oxygen atoms in total. The summed E-state index contributed by atoms with van der Waals surface area (Å²) in [5, 5.41) is 11.8. The Morgan fingerprint density at radius 3 is 2.61 bits per heavy atom. The van der Waals surface area contributed by atoms with Crippen molar-refractivity contribution in [3.63, 3.8) is 0 Å². The van der Waals surface area contributed by atoms with Gasteiger partial charge in [0.2, 0.25) is 0 Å². The minimum absolute atomic E-state index is 0. The topological polar surface area (TPSA) is 52.9 Å². The number of hydrogen-bond acceptors (Lipinski definition) is 4. The third kappa shape index (κ3) is 4.81. The van der Waals surface area contributed by atoms with E-state index in [9.17, 15) is 4.79 Å². The fourth-order valence-corrected chi connectivity index (χ4v) is 1.70. The predicted molar refractivity (Wildman–Crippen MR) is 73.6 cm³/mol. The number of thioether (sulfide) groups is 1. The van der Waals surface area contributed by atoms with Crippen LogP contribution in [-0.2, 0) is 17.4 Å². The summed E-state index contributed by atoms with van der Waals surface area (Å²) < 4.78 is 0.261. The Hall–Kier alpha value is -0.220. The van der Waals surface area contributed by atoms with Crippen LogP contribution in [0.5, 0.6) is 0 Å². The minimum Gasteiger partial charge on any atom is -0.772 e. The van der Waals surface area contributed by atoms with Gasteiger partial charge in [-0.05, 0) is 18.4 Å². The number of anilines is 1. The van der Waals surface area contributed by atoms with Crippen molar-refractivity contribution in [1.29, 1.82) is 5.26 Å². The van der Waals surface area contributed by atoms with Crippen molar-refractivity contribution in [3.05, 3.63) is 39.1 Å². The summed E-state index contributed by atoms with van der Waals surface area (Å²) >= 11 is 12.0. The van der Waals surface area contributed by atoms with Gasteiger partial charge < -0.3 is 17.9 Å². The number of carbonyl (C=O) groups is 1. The van der Waals surface area contributed by atoms with Crippen molar-refractivity contribution in [3.8, 4) is 6.07 Å². The number of nitrogens with one attached hydrogen (secondary N) is 1. The molecule has 0 bridgehead atoms. The third-order valence-electron chi connectivity index (χ3n) is 1.85. The van der Waals surface area contributed by atoms with Crippen molar-refractivity contribution in [2.75, 3.05) is 11.6 Å². The molecule has 0 unspecified atom stereocenters. The molecule has 88 valence electrons. The molecule has 0 heterocycles. The van der Waals surface area contributed by atoms with E-state index in [1.807, 2.05) is 0 Å². The van der Waals surface area contributed by atoms with Gasteiger partial charge in [0.1, 0.15) is 11.6 Å². The molecule has 7 heteroatoms. The van der Waals surface area contributed by atoms with Crippen LogP contribution in [0.1, 0.15) is 0 Å². The van der Waals surface area contributed by atoms with Gasteiger partial charge >= 0.3 is 29.6 Å². The standard InChI is InChI=1S/C11H9ClN2OS2.Na/c1-17-11(16)7(6-13)10(15)14-9-5-3-2-4-8(9)12;/h2-5,16H,1H3,(H,14,15);/q;+1/p-1/b11-7+;. The van der Waals surface area contributed by atoms with E-state index in [0.717, 1.165) is 0 Å². The predicted octanol–water partition coefficient (Wildman–Crippen LogP) is -0.0724. The van der Waals surface area contributed by atoms with E-state index in [-0.39, 0.29) is 39.4 Å². The Morgan fingerprint density at radius 1 is 1.50 bits per heavy atom. The SMILES string of the molecule is CS/C([S-])=C(\C#N)C(=O)Nc1ccccc1Cl.[Na+]. The number of carbonyl (C=O) groups excluding carboxylic acids is 1. The van der Waals surface area contributed by atoms with Gasteiger partial charge in [-0.2, -0.15) is 17.0 Å². The van der Waals surface area contributed by atoms with Crippen LogP contribution in [0.25, 0.3) is 0 Å². The molecular formula is C11H8ClN2NaOS2. The summed E-state index contributed by atoms with van der Waals surface area (Å²) in [6, 6.07) is 8.58. The molecule has 0 aromatic heterocycles. The van der Waals surface area contributed by atoms with Gasteiger partial charge in [0.15, 0.2) is 0 Å². The molecule has 0 radical (unpaired) electrons. The Morgan fingerprint density at radius 2 is 2.11 bits per heavy atom. The first-order chi connectivity index (χ1) is 8.10. The summed E-state index contributed by atoms with van der Waals surface area (Å²) in [4.78, 5) is 11.8. The van der Waals surface area contributed by atoms with Crippen LogP contribution >= 0.6 is 23.4 Å². The first-order valence-electron chi connectivity index (χ1n) is 4.51. The number of hydrogen-bond donors (Lipinski definition) is 1. The molecule has 0 aliphatic rings. The van der Waals surface area contributed by atoms with Crippen LogP contribution < -0.4 is 34.9 Å². The monoisotopic (exact) mass is 306 g/mol. The van der Waals surface area contributed by atoms with Crippen LogP contribution in [0.15, 0.2) is 34.1 Å². The number of benzene rings is 1. The average Bonchev–Trinajstić information content (AvgIpc) is 2.32. The summed E-state index contributed by atoms with van der Waals surface area (Å²) in [6.45, 7) is 0. The largest absolute Gasteiger partial charge is 1.00 e. The first kappa shape index (κ1) is 17.8. The molecule has 1 aromatic carbocycles. The van der Waals surface area contributed by atoms with Gasteiger partial charge in [0.05, 0.1) is 10.7 Å². The molecule has 0 spiro atoms. The van der Waals surface area contributed by atoms with Crippen molar-refractivity contribution >= 4 is 47.6 Å². The van der Waals surface area contributed by atoms with E-state index < -0.39 is 5.91 Å². The van der Waals surface area contributed by atoms with Crippen LogP contribution in [0.4, 0.5) is 5.69 Å². The molecular weight excluding hydrogens is 299 g/mol. The second kappa shape index (κ2) is 8.81. The van der Waals surface area contributed by atoms with Gasteiger partial charge in [-0.25, -0.2) is 0 Å². The first-order valence-corrected chi connectivity index (χ1v) is 6.52. The zero-order valence-corrected chi connectivity index (χ0v) is 14.2. The number of rotatable bonds is 3. The number of amides is 1. The Bertz CT molecular complexity index is 514. The van der Waals surface area contributed by atoms with Gasteiger partial charge in [-0.1, -0.05) is 23.7 Å². The Labute approximate surface area is 143 Å². The van der Waals surface area contributed by atoms with Crippen LogP contribution in [0.3, 0.4) is 0 Å². The van der Waals surface area contributed by atoms with E-state index in [1.54, 1.807) is 36.6 Å². The summed E-state index contributed by atoms with van der Waals surface area (Å²) in [6.07, 6.45) is 1.71. The van der Waals surface area contributed by atoms with Gasteiger partial charge in [0.25, 0.3) is 5.91 Å². The molecule has 1 aromatic rings. The van der Waals surface area contributed by atoms with Crippen molar-refractivity contribution in [2.24, 2.45) is 0 Å². The second-order valence-electron chi connectivity index (χ2n) is 2.91. The summed E-state index contributed by atoms with van der Waals surface area (Å²) in [5.74, 6) is -0.542. The molecule has 1 amide bonds. The fraction of sp³-hybridized carbons (Fsp3) is 0.0909. The molecule has 0 aliphatic heterocycles. The minimum atomic E-state index is -0.542. The van der Waals surface area contributed by atoms with E-state index in [4.69, 9.17) is 29.5 Å². The van der Waals surface area contributed by atoms with Crippen molar-refractivity contribution in [1.82, 2.24) is 0 Å². The molecule has 0 saturated carbocycles. The van der Waals surface area contributed by atoms with Crippen molar-refractivity contribution < 1.29 is 34.4 Å². The maximum absolute atomic E-state index is 11.8. The molecule has 18 heavy (non-hydrogen) atoms. The molecule has 0 fully saturated rings. The zero-order chi connectivity index (χ0) is 12.8. The van der Waals surface area contributed by atoms with Gasteiger partial charge in [-0.15, -0.1) is 4.24 Å². The molecule has 0 atom stereocenters.